The molecule has 4 rings (SSSR count). The second-order valence-electron chi connectivity index (χ2n) is 6.38. The van der Waals surface area contributed by atoms with Gasteiger partial charge in [0.1, 0.15) is 18.5 Å². The average molecular weight is 319 g/mol. The van der Waals surface area contributed by atoms with Crippen molar-refractivity contribution >= 4 is 17.0 Å². The molecule has 8 heteroatoms. The van der Waals surface area contributed by atoms with Gasteiger partial charge in [0, 0.05) is 6.04 Å². The molecule has 1 aliphatic carbocycles. The van der Waals surface area contributed by atoms with Gasteiger partial charge >= 0.3 is 0 Å². The predicted molar refractivity (Wildman–Crippen MR) is 82.8 cm³/mol. The lowest BCUT2D eigenvalue weighted by Gasteiger charge is -2.17. The third-order valence-electron chi connectivity index (χ3n) is 4.81. The summed E-state index contributed by atoms with van der Waals surface area (Å²) in [4.78, 5) is 13.0. The van der Waals surface area contributed by atoms with Crippen molar-refractivity contribution in [3.63, 3.8) is 0 Å². The maximum absolute atomic E-state index is 10.2. The van der Waals surface area contributed by atoms with Crippen molar-refractivity contribution in [2.24, 2.45) is 0 Å². The van der Waals surface area contributed by atoms with Crippen molar-refractivity contribution in [2.45, 2.75) is 63.2 Å². The lowest BCUT2D eigenvalue weighted by Crippen LogP contribution is -2.30. The zero-order chi connectivity index (χ0) is 16.0. The van der Waals surface area contributed by atoms with E-state index in [9.17, 15) is 10.2 Å². The van der Waals surface area contributed by atoms with Gasteiger partial charge in [-0.1, -0.05) is 12.8 Å². The first-order valence-corrected chi connectivity index (χ1v) is 8.11. The number of hydrogen-bond acceptors (Lipinski definition) is 7. The molecule has 3 N–H and O–H groups in total. The lowest BCUT2D eigenvalue weighted by molar-refractivity contribution is -0.0299. The predicted octanol–water partition coefficient (Wildman–Crippen LogP) is 0.820. The number of aromatic nitrogens is 4. The number of anilines is 1. The number of nitrogens with zero attached hydrogens (tertiary/aromatic N) is 4. The Morgan fingerprint density at radius 3 is 2.65 bits per heavy atom. The van der Waals surface area contributed by atoms with Crippen molar-refractivity contribution in [3.8, 4) is 0 Å². The molecule has 3 heterocycles. The minimum Gasteiger partial charge on any atom is -0.388 e. The molecule has 2 fully saturated rings. The van der Waals surface area contributed by atoms with Gasteiger partial charge in [-0.25, -0.2) is 15.0 Å². The van der Waals surface area contributed by atoms with Gasteiger partial charge in [0.15, 0.2) is 23.2 Å². The fourth-order valence-corrected chi connectivity index (χ4v) is 3.46. The average Bonchev–Trinajstić information content (AvgIpc) is 3.25. The standard InChI is InChI=1S/C15H21N5O3/c1-8-11(21)12(22)15(23-8)20-7-18-10-13(16-6-17-14(10)20)19-9-4-2-3-5-9/h6-9,11-12,15,21-22H,2-5H2,1H3,(H,16,17,19)/t8?,11-,12-,15-/m1/s1. The van der Waals surface area contributed by atoms with E-state index in [4.69, 9.17) is 4.74 Å². The summed E-state index contributed by atoms with van der Waals surface area (Å²) in [6.45, 7) is 1.73. The highest BCUT2D eigenvalue weighted by Crippen LogP contribution is 2.32. The van der Waals surface area contributed by atoms with Gasteiger partial charge in [0.2, 0.25) is 0 Å². The second kappa shape index (κ2) is 5.70. The van der Waals surface area contributed by atoms with E-state index in [1.54, 1.807) is 17.8 Å². The van der Waals surface area contributed by atoms with Crippen LogP contribution in [-0.4, -0.2) is 54.1 Å². The number of aliphatic hydroxyl groups is 2. The molecule has 8 nitrogen and oxygen atoms in total. The number of rotatable bonds is 3. The molecule has 2 aromatic rings. The highest BCUT2D eigenvalue weighted by Gasteiger charge is 2.42. The van der Waals surface area contributed by atoms with E-state index in [2.05, 4.69) is 20.3 Å². The van der Waals surface area contributed by atoms with Crippen molar-refractivity contribution in [1.82, 2.24) is 19.5 Å². The van der Waals surface area contributed by atoms with Crippen molar-refractivity contribution in [3.05, 3.63) is 12.7 Å². The van der Waals surface area contributed by atoms with Gasteiger partial charge in [0.05, 0.1) is 12.4 Å². The Morgan fingerprint density at radius 1 is 1.17 bits per heavy atom. The molecular weight excluding hydrogens is 298 g/mol. The van der Waals surface area contributed by atoms with Gasteiger partial charge in [0.25, 0.3) is 0 Å². The largest absolute Gasteiger partial charge is 0.388 e. The van der Waals surface area contributed by atoms with E-state index >= 15 is 0 Å². The smallest absolute Gasteiger partial charge is 0.167 e. The van der Waals surface area contributed by atoms with Crippen LogP contribution in [0.25, 0.3) is 11.2 Å². The topological polar surface area (TPSA) is 105 Å². The summed E-state index contributed by atoms with van der Waals surface area (Å²) in [6, 6.07) is 0.424. The zero-order valence-electron chi connectivity index (χ0n) is 13.0. The van der Waals surface area contributed by atoms with Gasteiger partial charge in [-0.15, -0.1) is 0 Å². The molecule has 0 radical (unpaired) electrons. The first-order chi connectivity index (χ1) is 11.1. The molecule has 0 aromatic carbocycles. The van der Waals surface area contributed by atoms with Gasteiger partial charge in [-0.05, 0) is 19.8 Å². The van der Waals surface area contributed by atoms with Gasteiger partial charge < -0.3 is 20.3 Å². The molecule has 0 amide bonds. The van der Waals surface area contributed by atoms with E-state index in [-0.39, 0.29) is 0 Å². The number of nitrogens with one attached hydrogen (secondary N) is 1. The molecule has 1 aliphatic heterocycles. The monoisotopic (exact) mass is 319 g/mol. The summed E-state index contributed by atoms with van der Waals surface area (Å²) in [7, 11) is 0. The quantitative estimate of drug-likeness (QED) is 0.769. The van der Waals surface area contributed by atoms with E-state index < -0.39 is 24.5 Å². The summed E-state index contributed by atoms with van der Waals surface area (Å²) in [6.07, 6.45) is 4.75. The van der Waals surface area contributed by atoms with Crippen LogP contribution in [0.4, 0.5) is 5.82 Å². The number of imidazole rings is 1. The van der Waals surface area contributed by atoms with Crippen LogP contribution in [0.5, 0.6) is 0 Å². The second-order valence-corrected chi connectivity index (χ2v) is 6.38. The summed E-state index contributed by atoms with van der Waals surface area (Å²) >= 11 is 0. The molecule has 4 atom stereocenters. The molecule has 124 valence electrons. The zero-order valence-corrected chi connectivity index (χ0v) is 13.0. The van der Waals surface area contributed by atoms with Crippen LogP contribution in [0.15, 0.2) is 12.7 Å². The van der Waals surface area contributed by atoms with E-state index in [0.29, 0.717) is 23.0 Å². The van der Waals surface area contributed by atoms with Crippen LogP contribution in [-0.2, 0) is 4.74 Å². The summed E-state index contributed by atoms with van der Waals surface area (Å²) in [5, 5.41) is 23.5. The fourth-order valence-electron chi connectivity index (χ4n) is 3.46. The van der Waals surface area contributed by atoms with Crippen LogP contribution in [0, 0.1) is 0 Å². The maximum Gasteiger partial charge on any atom is 0.167 e. The Morgan fingerprint density at radius 2 is 1.96 bits per heavy atom. The highest BCUT2D eigenvalue weighted by molar-refractivity contribution is 5.82. The van der Waals surface area contributed by atoms with Crippen LogP contribution >= 0.6 is 0 Å². The van der Waals surface area contributed by atoms with Crippen molar-refractivity contribution in [1.29, 1.82) is 0 Å². The maximum atomic E-state index is 10.2. The molecule has 23 heavy (non-hydrogen) atoms. The van der Waals surface area contributed by atoms with Crippen LogP contribution < -0.4 is 5.32 Å². The normalized spacial score (nSPS) is 32.0. The molecule has 2 aliphatic rings. The molecule has 2 aromatic heterocycles. The lowest BCUT2D eigenvalue weighted by atomic mass is 10.1. The van der Waals surface area contributed by atoms with Crippen molar-refractivity contribution < 1.29 is 14.9 Å². The van der Waals surface area contributed by atoms with E-state index in [1.807, 2.05) is 0 Å². The van der Waals surface area contributed by atoms with Gasteiger partial charge in [-0.2, -0.15) is 0 Å². The fraction of sp³-hybridized carbons (Fsp3) is 0.667. The Bertz CT molecular complexity index is 699. The Hall–Kier alpha value is -1.77. The number of aliphatic hydroxyl groups excluding tert-OH is 2. The number of fused-ring (bicyclic) bond motifs is 1. The Labute approximate surface area is 133 Å². The first-order valence-electron chi connectivity index (χ1n) is 8.11. The molecular formula is C15H21N5O3. The van der Waals surface area contributed by atoms with Crippen LogP contribution in [0.3, 0.4) is 0 Å². The number of hydrogen-bond donors (Lipinski definition) is 3. The van der Waals surface area contributed by atoms with Crippen molar-refractivity contribution in [2.75, 3.05) is 5.32 Å². The van der Waals surface area contributed by atoms with Crippen LogP contribution in [0.2, 0.25) is 0 Å². The molecule has 1 saturated heterocycles. The Kier molecular flexibility index (Phi) is 3.67. The number of ether oxygens (including phenoxy) is 1. The van der Waals surface area contributed by atoms with E-state index in [1.165, 1.54) is 19.2 Å². The summed E-state index contributed by atoms with van der Waals surface area (Å²) in [5.41, 5.74) is 1.25. The third kappa shape index (κ3) is 2.46. The third-order valence-corrected chi connectivity index (χ3v) is 4.81. The minimum atomic E-state index is -1.01. The molecule has 0 spiro atoms. The summed E-state index contributed by atoms with van der Waals surface area (Å²) in [5.74, 6) is 0.710. The highest BCUT2D eigenvalue weighted by atomic mass is 16.6. The summed E-state index contributed by atoms with van der Waals surface area (Å²) < 4.78 is 7.31. The van der Waals surface area contributed by atoms with Crippen LogP contribution in [0.1, 0.15) is 38.8 Å². The SMILES string of the molecule is CC1O[C@@H](n2cnc3c(NC4CCCC4)ncnc32)[C@H](O)[C@@H]1O. The van der Waals surface area contributed by atoms with E-state index in [0.717, 1.165) is 12.8 Å². The Balaban J connectivity index is 1.67. The molecule has 0 bridgehead atoms. The molecule has 1 saturated carbocycles. The minimum absolute atomic E-state index is 0.424. The molecule has 1 unspecified atom stereocenters. The first kappa shape index (κ1) is 14.8. The van der Waals surface area contributed by atoms with Gasteiger partial charge in [-0.3, -0.25) is 4.57 Å².